The van der Waals surface area contributed by atoms with Crippen LogP contribution in [-0.2, 0) is 11.4 Å². The fraction of sp³-hybridized carbons (Fsp3) is 0.120. The molecule has 0 saturated carbocycles. The van der Waals surface area contributed by atoms with E-state index in [1.165, 1.54) is 32.2 Å². The molecule has 0 atom stereocenters. The molecule has 1 aliphatic rings. The summed E-state index contributed by atoms with van der Waals surface area (Å²) in [4.78, 5) is 12.9. The highest BCUT2D eigenvalue weighted by Crippen LogP contribution is 2.39. The Bertz CT molecular complexity index is 1460. The van der Waals surface area contributed by atoms with Crippen molar-refractivity contribution < 1.29 is 36.2 Å². The molecule has 0 bridgehead atoms. The van der Waals surface area contributed by atoms with Gasteiger partial charge >= 0.3 is 0 Å². The summed E-state index contributed by atoms with van der Waals surface area (Å²) in [7, 11) is 1.37. The number of hydrogen-bond donors (Lipinski definition) is 0. The highest BCUT2D eigenvalue weighted by atomic mass is 35.5. The van der Waals surface area contributed by atoms with E-state index in [1.807, 2.05) is 0 Å². The molecule has 37 heavy (non-hydrogen) atoms. The maximum atomic E-state index is 14.3. The van der Waals surface area contributed by atoms with Gasteiger partial charge in [0.2, 0.25) is 5.82 Å². The van der Waals surface area contributed by atoms with Crippen molar-refractivity contribution >= 4 is 46.6 Å². The van der Waals surface area contributed by atoms with Crippen molar-refractivity contribution in [1.82, 2.24) is 0 Å². The van der Waals surface area contributed by atoms with E-state index in [2.05, 4.69) is 5.10 Å². The second-order valence-corrected chi connectivity index (χ2v) is 8.58. The van der Waals surface area contributed by atoms with Crippen LogP contribution in [0.1, 0.15) is 18.1 Å². The standard InChI is InChI=1S/C25H15Cl2F5N2O3/c1-11-15(25(35)34(33-11)23-21(31)19(29)18(28)20(30)22(23)32)7-13-8-16(27)24(17(9-13)36-2)37-10-12-4-3-5-14(26)6-12/h3-9H,10H2,1-2H3/b15-7-. The van der Waals surface area contributed by atoms with Crippen molar-refractivity contribution in [3.63, 3.8) is 0 Å². The molecule has 0 N–H and O–H groups in total. The van der Waals surface area contributed by atoms with Crippen LogP contribution < -0.4 is 14.5 Å². The quantitative estimate of drug-likeness (QED) is 0.141. The first-order valence-electron chi connectivity index (χ1n) is 10.4. The summed E-state index contributed by atoms with van der Waals surface area (Å²) in [6.45, 7) is 1.45. The van der Waals surface area contributed by atoms with Crippen LogP contribution in [0, 0.1) is 29.1 Å². The van der Waals surface area contributed by atoms with E-state index >= 15 is 0 Å². The number of carbonyl (C=O) groups is 1. The van der Waals surface area contributed by atoms with Crippen molar-refractivity contribution in [1.29, 1.82) is 0 Å². The average Bonchev–Trinajstić information content (AvgIpc) is 3.13. The third kappa shape index (κ3) is 4.99. The van der Waals surface area contributed by atoms with Crippen molar-refractivity contribution in [3.8, 4) is 11.5 Å². The average molecular weight is 557 g/mol. The molecular formula is C25H15Cl2F5N2O3. The van der Waals surface area contributed by atoms with Crippen molar-refractivity contribution in [2.24, 2.45) is 5.10 Å². The van der Waals surface area contributed by atoms with Crippen LogP contribution >= 0.6 is 23.2 Å². The van der Waals surface area contributed by atoms with E-state index < -0.39 is 40.7 Å². The molecular weight excluding hydrogens is 542 g/mol. The fourth-order valence-corrected chi connectivity index (χ4v) is 4.01. The summed E-state index contributed by atoms with van der Waals surface area (Å²) in [6, 6.07) is 9.90. The Morgan fingerprint density at radius 1 is 0.973 bits per heavy atom. The molecule has 0 radical (unpaired) electrons. The molecule has 1 aliphatic heterocycles. The van der Waals surface area contributed by atoms with Gasteiger partial charge in [0.25, 0.3) is 5.91 Å². The van der Waals surface area contributed by atoms with Crippen LogP contribution in [0.5, 0.6) is 11.5 Å². The second kappa shape index (κ2) is 10.4. The number of amides is 1. The van der Waals surface area contributed by atoms with Gasteiger partial charge in [0.05, 0.1) is 23.4 Å². The van der Waals surface area contributed by atoms with E-state index in [1.54, 1.807) is 24.3 Å². The molecule has 0 aliphatic carbocycles. The summed E-state index contributed by atoms with van der Waals surface area (Å²) < 4.78 is 80.4. The maximum absolute atomic E-state index is 14.3. The van der Waals surface area contributed by atoms with Crippen LogP contribution in [0.2, 0.25) is 10.0 Å². The van der Waals surface area contributed by atoms with E-state index in [9.17, 15) is 26.7 Å². The lowest BCUT2D eigenvalue weighted by Gasteiger charge is -2.15. The number of halogens is 7. The largest absolute Gasteiger partial charge is 0.493 e. The summed E-state index contributed by atoms with van der Waals surface area (Å²) in [6.07, 6.45) is 1.28. The van der Waals surface area contributed by atoms with Crippen LogP contribution in [0.3, 0.4) is 0 Å². The number of carbonyl (C=O) groups excluding carboxylic acids is 1. The molecule has 5 nitrogen and oxygen atoms in total. The number of anilines is 1. The molecule has 0 unspecified atom stereocenters. The maximum Gasteiger partial charge on any atom is 0.280 e. The smallest absolute Gasteiger partial charge is 0.280 e. The number of hydrogen-bond acceptors (Lipinski definition) is 4. The van der Waals surface area contributed by atoms with E-state index in [-0.39, 0.29) is 39.4 Å². The van der Waals surface area contributed by atoms with Gasteiger partial charge in [-0.25, -0.2) is 22.0 Å². The molecule has 0 saturated heterocycles. The van der Waals surface area contributed by atoms with Crippen molar-refractivity contribution in [2.75, 3.05) is 12.1 Å². The topological polar surface area (TPSA) is 51.1 Å². The third-order valence-electron chi connectivity index (χ3n) is 5.30. The highest BCUT2D eigenvalue weighted by molar-refractivity contribution is 6.33. The molecule has 12 heteroatoms. The predicted octanol–water partition coefficient (Wildman–Crippen LogP) is 7.08. The molecule has 0 aromatic heterocycles. The zero-order chi connectivity index (χ0) is 27.0. The third-order valence-corrected chi connectivity index (χ3v) is 5.81. The minimum Gasteiger partial charge on any atom is -0.493 e. The monoisotopic (exact) mass is 556 g/mol. The first kappa shape index (κ1) is 26.4. The predicted molar refractivity (Wildman–Crippen MR) is 129 cm³/mol. The van der Waals surface area contributed by atoms with E-state index in [4.69, 9.17) is 32.7 Å². The number of rotatable bonds is 6. The molecule has 3 aromatic carbocycles. The van der Waals surface area contributed by atoms with E-state index in [0.717, 1.165) is 5.56 Å². The zero-order valence-corrected chi connectivity index (χ0v) is 20.5. The van der Waals surface area contributed by atoms with Gasteiger partial charge in [0.15, 0.2) is 34.8 Å². The summed E-state index contributed by atoms with van der Waals surface area (Å²) >= 11 is 12.4. The number of nitrogens with zero attached hydrogens (tertiary/aromatic N) is 2. The number of hydrazone groups is 1. The molecule has 0 spiro atoms. The summed E-state index contributed by atoms with van der Waals surface area (Å²) in [5.74, 6) is -11.8. The molecule has 192 valence electrons. The van der Waals surface area contributed by atoms with Gasteiger partial charge < -0.3 is 9.47 Å². The van der Waals surface area contributed by atoms with Gasteiger partial charge in [-0.15, -0.1) is 0 Å². The van der Waals surface area contributed by atoms with Crippen LogP contribution in [0.15, 0.2) is 47.1 Å². The molecule has 1 amide bonds. The first-order chi connectivity index (χ1) is 17.5. The minimum atomic E-state index is -2.35. The number of benzene rings is 3. The Morgan fingerprint density at radius 3 is 2.24 bits per heavy atom. The van der Waals surface area contributed by atoms with E-state index in [0.29, 0.717) is 10.6 Å². The number of ether oxygens (including phenoxy) is 2. The highest BCUT2D eigenvalue weighted by Gasteiger charge is 2.37. The summed E-state index contributed by atoms with van der Waals surface area (Å²) in [5, 5.41) is 4.47. The second-order valence-electron chi connectivity index (χ2n) is 7.73. The van der Waals surface area contributed by atoms with Crippen molar-refractivity contribution in [2.45, 2.75) is 13.5 Å². The normalized spacial score (nSPS) is 14.4. The SMILES string of the molecule is COc1cc(/C=C2\C(=O)N(c3c(F)c(F)c(F)c(F)c3F)N=C2C)cc(Cl)c1OCc1cccc(Cl)c1. The molecule has 1 heterocycles. The lowest BCUT2D eigenvalue weighted by molar-refractivity contribution is -0.114. The van der Waals surface area contributed by atoms with Gasteiger partial charge in [-0.3, -0.25) is 4.79 Å². The van der Waals surface area contributed by atoms with Crippen molar-refractivity contribution in [3.05, 3.63) is 92.2 Å². The van der Waals surface area contributed by atoms with Gasteiger partial charge in [0.1, 0.15) is 12.3 Å². The first-order valence-corrected chi connectivity index (χ1v) is 11.2. The van der Waals surface area contributed by atoms with Gasteiger partial charge in [0, 0.05) is 5.02 Å². The summed E-state index contributed by atoms with van der Waals surface area (Å²) in [5.41, 5.74) is -0.605. The number of methoxy groups -OCH3 is 1. The Balaban J connectivity index is 1.66. The van der Waals surface area contributed by atoms with Crippen LogP contribution in [-0.4, -0.2) is 18.7 Å². The van der Waals surface area contributed by atoms with Gasteiger partial charge in [-0.05, 0) is 48.4 Å². The Kier molecular flexibility index (Phi) is 7.42. The molecule has 3 aromatic rings. The Hall–Kier alpha value is -3.63. The van der Waals surface area contributed by atoms with Gasteiger partial charge in [-0.1, -0.05) is 35.3 Å². The Labute approximate surface area is 217 Å². The lowest BCUT2D eigenvalue weighted by atomic mass is 10.1. The molecule has 0 fully saturated rings. The van der Waals surface area contributed by atoms with Crippen LogP contribution in [0.25, 0.3) is 6.08 Å². The lowest BCUT2D eigenvalue weighted by Crippen LogP contribution is -2.25. The molecule has 4 rings (SSSR count). The van der Waals surface area contributed by atoms with Crippen LogP contribution in [0.4, 0.5) is 27.6 Å². The fourth-order valence-electron chi connectivity index (χ4n) is 3.53. The zero-order valence-electron chi connectivity index (χ0n) is 19.0. The Morgan fingerprint density at radius 2 is 1.62 bits per heavy atom. The minimum absolute atomic E-state index is 0.0367. The van der Waals surface area contributed by atoms with Gasteiger partial charge in [-0.2, -0.15) is 10.1 Å².